The van der Waals surface area contributed by atoms with Gasteiger partial charge in [-0.15, -0.1) is 0 Å². The Kier molecular flexibility index (Phi) is 5.52. The van der Waals surface area contributed by atoms with Crippen LogP contribution in [0.1, 0.15) is 25.1 Å². The molecule has 10 heteroatoms. The van der Waals surface area contributed by atoms with Crippen LogP contribution in [-0.4, -0.2) is 29.8 Å². The molecule has 0 fully saturated rings. The fourth-order valence-corrected chi connectivity index (χ4v) is 4.16. The molecule has 0 unspecified atom stereocenters. The molecule has 1 aromatic carbocycles. The van der Waals surface area contributed by atoms with E-state index in [9.17, 15) is 14.0 Å². The molecule has 0 radical (unpaired) electrons. The largest absolute Gasteiger partial charge is 0.346 e. The van der Waals surface area contributed by atoms with Crippen LogP contribution in [0, 0.1) is 5.82 Å². The number of fused-ring (bicyclic) bond motifs is 1. The third kappa shape index (κ3) is 4.26. The second-order valence-corrected chi connectivity index (χ2v) is 7.94. The van der Waals surface area contributed by atoms with Crippen LogP contribution in [0.4, 0.5) is 10.1 Å². The van der Waals surface area contributed by atoms with Crippen molar-refractivity contribution < 1.29 is 9.18 Å². The Morgan fingerprint density at radius 3 is 2.97 bits per heavy atom. The summed E-state index contributed by atoms with van der Waals surface area (Å²) in [6.07, 6.45) is 7.19. The van der Waals surface area contributed by atoms with Gasteiger partial charge in [-0.25, -0.2) is 18.9 Å². The number of aryl methyl sites for hydroxylation is 2. The van der Waals surface area contributed by atoms with Crippen LogP contribution in [0.25, 0.3) is 0 Å². The molecule has 4 rings (SSSR count). The van der Waals surface area contributed by atoms with E-state index in [4.69, 9.17) is 0 Å². The first-order valence-corrected chi connectivity index (χ1v) is 10.2. The smallest absolute Gasteiger partial charge is 0.329 e. The number of halogens is 1. The summed E-state index contributed by atoms with van der Waals surface area (Å²) in [4.78, 5) is 30.0. The maximum absolute atomic E-state index is 13.8. The van der Waals surface area contributed by atoms with Crippen molar-refractivity contribution in [3.8, 4) is 0 Å². The topological polar surface area (TPSA) is 86.7 Å². The lowest BCUT2D eigenvalue weighted by Crippen LogP contribution is -2.30. The molecule has 8 nitrogen and oxygen atoms in total. The highest BCUT2D eigenvalue weighted by molar-refractivity contribution is 7.99. The van der Waals surface area contributed by atoms with Gasteiger partial charge in [-0.1, -0.05) is 6.42 Å². The van der Waals surface area contributed by atoms with E-state index >= 15 is 0 Å². The highest BCUT2D eigenvalue weighted by Crippen LogP contribution is 2.32. The number of carbonyl (C=O) groups is 1. The van der Waals surface area contributed by atoms with Gasteiger partial charge in [0.05, 0.1) is 5.69 Å². The zero-order valence-electron chi connectivity index (χ0n) is 16.0. The Labute approximate surface area is 170 Å². The van der Waals surface area contributed by atoms with E-state index < -0.39 is 11.7 Å². The number of aromatic nitrogens is 5. The number of carbonyl (C=O) groups excluding carboxylic acids is 1. The van der Waals surface area contributed by atoms with Gasteiger partial charge in [0.15, 0.2) is 5.16 Å². The predicted molar refractivity (Wildman–Crippen MR) is 106 cm³/mol. The van der Waals surface area contributed by atoms with Gasteiger partial charge in [-0.3, -0.25) is 9.36 Å². The second-order valence-electron chi connectivity index (χ2n) is 6.93. The van der Waals surface area contributed by atoms with Crippen LogP contribution in [0.15, 0.2) is 45.4 Å². The van der Waals surface area contributed by atoms with E-state index in [2.05, 4.69) is 15.4 Å². The monoisotopic (exact) mass is 416 g/mol. The Hall–Kier alpha value is -2.88. The molecule has 1 aliphatic heterocycles. The zero-order valence-corrected chi connectivity index (χ0v) is 16.8. The Balaban J connectivity index is 1.52. The lowest BCUT2D eigenvalue weighted by atomic mass is 10.2. The van der Waals surface area contributed by atoms with Crippen molar-refractivity contribution in [2.24, 2.45) is 7.05 Å². The van der Waals surface area contributed by atoms with Crippen LogP contribution < -0.4 is 11.0 Å². The molecular formula is C19H21FN6O2S. The second kappa shape index (κ2) is 8.24. The number of benzene rings is 1. The number of amides is 1. The molecule has 1 amide bonds. The molecule has 29 heavy (non-hydrogen) atoms. The molecule has 1 aliphatic rings. The summed E-state index contributed by atoms with van der Waals surface area (Å²) in [5, 5.41) is 7.73. The third-order valence-electron chi connectivity index (χ3n) is 4.77. The zero-order chi connectivity index (χ0) is 20.4. The van der Waals surface area contributed by atoms with Crippen molar-refractivity contribution in [1.82, 2.24) is 23.9 Å². The molecule has 0 atom stereocenters. The molecule has 0 aliphatic carbocycles. The number of anilines is 1. The fourth-order valence-electron chi connectivity index (χ4n) is 3.29. The number of nitrogens with zero attached hydrogens (tertiary/aromatic N) is 5. The first-order valence-electron chi connectivity index (χ1n) is 9.42. The van der Waals surface area contributed by atoms with Gasteiger partial charge < -0.3 is 9.88 Å². The van der Waals surface area contributed by atoms with E-state index in [1.807, 2.05) is 11.6 Å². The minimum atomic E-state index is -0.463. The van der Waals surface area contributed by atoms with E-state index in [-0.39, 0.29) is 12.2 Å². The van der Waals surface area contributed by atoms with Crippen LogP contribution >= 0.6 is 11.8 Å². The number of nitrogens with one attached hydrogen (secondary N) is 1. The lowest BCUT2D eigenvalue weighted by molar-refractivity contribution is -0.117. The maximum Gasteiger partial charge on any atom is 0.346 e. The molecule has 2 aromatic heterocycles. The van der Waals surface area contributed by atoms with Crippen molar-refractivity contribution in [3.05, 3.63) is 52.7 Å². The molecule has 0 bridgehead atoms. The van der Waals surface area contributed by atoms with E-state index in [0.717, 1.165) is 31.5 Å². The average Bonchev–Trinajstić information content (AvgIpc) is 3.11. The van der Waals surface area contributed by atoms with Gasteiger partial charge in [0.2, 0.25) is 5.91 Å². The van der Waals surface area contributed by atoms with Gasteiger partial charge in [-0.05, 0) is 42.8 Å². The number of rotatable bonds is 5. The summed E-state index contributed by atoms with van der Waals surface area (Å²) in [5.41, 5.74) is 0.0516. The van der Waals surface area contributed by atoms with Crippen molar-refractivity contribution in [3.63, 3.8) is 0 Å². The number of hydrogen-bond donors (Lipinski definition) is 1. The number of imidazole rings is 1. The summed E-state index contributed by atoms with van der Waals surface area (Å²) >= 11 is 1.31. The van der Waals surface area contributed by atoms with Gasteiger partial charge in [0.1, 0.15) is 18.2 Å². The molecule has 0 spiro atoms. The van der Waals surface area contributed by atoms with Crippen molar-refractivity contribution >= 4 is 23.4 Å². The van der Waals surface area contributed by atoms with Gasteiger partial charge in [0, 0.05) is 37.3 Å². The highest BCUT2D eigenvalue weighted by atomic mass is 32.2. The van der Waals surface area contributed by atoms with Gasteiger partial charge in [-0.2, -0.15) is 5.10 Å². The summed E-state index contributed by atoms with van der Waals surface area (Å²) in [5.74, 6) is -0.180. The molecule has 3 heterocycles. The summed E-state index contributed by atoms with van der Waals surface area (Å²) in [7, 11) is 1.85. The third-order valence-corrected chi connectivity index (χ3v) is 5.92. The summed E-state index contributed by atoms with van der Waals surface area (Å²) < 4.78 is 18.4. The van der Waals surface area contributed by atoms with E-state index in [0.29, 0.717) is 22.3 Å². The molecule has 0 saturated heterocycles. The Morgan fingerprint density at radius 1 is 1.31 bits per heavy atom. The molecular weight excluding hydrogens is 395 g/mol. The first kappa shape index (κ1) is 19.4. The molecule has 152 valence electrons. The van der Waals surface area contributed by atoms with Gasteiger partial charge in [0.25, 0.3) is 0 Å². The van der Waals surface area contributed by atoms with Crippen LogP contribution in [0.5, 0.6) is 0 Å². The van der Waals surface area contributed by atoms with Crippen molar-refractivity contribution in [2.75, 3.05) is 5.32 Å². The minimum absolute atomic E-state index is 0.220. The van der Waals surface area contributed by atoms with Gasteiger partial charge >= 0.3 is 5.69 Å². The van der Waals surface area contributed by atoms with E-state index in [1.165, 1.54) is 28.6 Å². The average molecular weight is 416 g/mol. The quantitative estimate of drug-likeness (QED) is 0.690. The molecule has 1 N–H and O–H groups in total. The van der Waals surface area contributed by atoms with Crippen molar-refractivity contribution in [2.45, 2.75) is 48.8 Å². The van der Waals surface area contributed by atoms with Crippen molar-refractivity contribution in [1.29, 1.82) is 0 Å². The highest BCUT2D eigenvalue weighted by Gasteiger charge is 2.18. The fraction of sp³-hybridized carbons (Fsp3) is 0.368. The number of hydrogen-bond acceptors (Lipinski definition) is 5. The molecule has 0 saturated carbocycles. The van der Waals surface area contributed by atoms with Crippen LogP contribution in [0.3, 0.4) is 0 Å². The first-order chi connectivity index (χ1) is 14.0. The predicted octanol–water partition coefficient (Wildman–Crippen LogP) is 2.43. The summed E-state index contributed by atoms with van der Waals surface area (Å²) in [6, 6.07) is 4.18. The molecule has 3 aromatic rings. The minimum Gasteiger partial charge on any atom is -0.329 e. The van der Waals surface area contributed by atoms with Crippen LogP contribution in [-0.2, 0) is 31.4 Å². The summed E-state index contributed by atoms with van der Waals surface area (Å²) in [6.45, 7) is 0.409. The Bertz CT molecular complexity index is 1100. The Morgan fingerprint density at radius 2 is 2.17 bits per heavy atom. The van der Waals surface area contributed by atoms with E-state index in [1.54, 1.807) is 23.0 Å². The lowest BCUT2D eigenvalue weighted by Gasteiger charge is -2.11. The SMILES string of the molecule is Cn1ccnc1Sc1ccc(F)cc1NC(=O)Cn1nc2n(c1=O)CCCCC2. The standard InChI is InChI=1S/C19H21FN6O2S/c1-24-10-8-21-18(24)29-15-7-6-13(20)11-14(15)22-17(27)12-26-19(28)25-9-4-2-3-5-16(25)23-26/h6-8,10-11H,2-5,9,12H2,1H3,(H,22,27). The normalized spacial score (nSPS) is 13.7. The maximum atomic E-state index is 13.8. The van der Waals surface area contributed by atoms with Crippen LogP contribution in [0.2, 0.25) is 0 Å².